The first-order chi connectivity index (χ1) is 21.7. The molecule has 4 nitrogen and oxygen atoms in total. The summed E-state index contributed by atoms with van der Waals surface area (Å²) in [5.41, 5.74) is 12.7. The lowest BCUT2D eigenvalue weighted by Gasteiger charge is -2.31. The van der Waals surface area contributed by atoms with Gasteiger partial charge in [-0.1, -0.05) is 91.0 Å². The second-order valence-electron chi connectivity index (χ2n) is 12.2. The largest absolute Gasteiger partial charge is 0.454 e. The minimum Gasteiger partial charge on any atom is -0.454 e. The number of anilines is 4. The maximum absolute atomic E-state index is 6.75. The molecule has 0 spiro atoms. The van der Waals surface area contributed by atoms with Crippen molar-refractivity contribution in [2.45, 2.75) is 18.9 Å². The number of para-hydroxylation sites is 2. The number of likely N-dealkylation sites (N-methyl/N-ethyl adjacent to an activating group) is 1. The van der Waals surface area contributed by atoms with E-state index in [1.54, 1.807) is 0 Å². The van der Waals surface area contributed by atoms with E-state index in [0.29, 0.717) is 6.04 Å². The Kier molecular flexibility index (Phi) is 5.78. The first-order valence-electron chi connectivity index (χ1n) is 15.6. The molecule has 44 heavy (non-hydrogen) atoms. The van der Waals surface area contributed by atoms with E-state index >= 15 is 0 Å². The summed E-state index contributed by atoms with van der Waals surface area (Å²) in [6.07, 6.45) is 9.34. The van der Waals surface area contributed by atoms with Crippen LogP contribution in [0.5, 0.6) is 0 Å². The summed E-state index contributed by atoms with van der Waals surface area (Å²) in [6.45, 7) is 1.91. The fourth-order valence-corrected chi connectivity index (χ4v) is 7.50. The monoisotopic (exact) mass is 571 g/mol. The summed E-state index contributed by atoms with van der Waals surface area (Å²) >= 11 is 0. The molecule has 9 rings (SSSR count). The molecular weight excluding hydrogens is 538 g/mol. The van der Waals surface area contributed by atoms with Crippen molar-refractivity contribution in [1.82, 2.24) is 4.90 Å². The van der Waals surface area contributed by atoms with Gasteiger partial charge in [-0.05, 0) is 73.0 Å². The first kappa shape index (κ1) is 25.4. The predicted octanol–water partition coefficient (Wildman–Crippen LogP) is 10.1. The van der Waals surface area contributed by atoms with Crippen molar-refractivity contribution in [2.75, 3.05) is 30.1 Å². The zero-order chi connectivity index (χ0) is 29.2. The van der Waals surface area contributed by atoms with E-state index in [1.807, 2.05) is 0 Å². The molecule has 1 aromatic heterocycles. The van der Waals surface area contributed by atoms with Crippen LogP contribution in [0.15, 0.2) is 137 Å². The topological polar surface area (TPSA) is 22.9 Å². The van der Waals surface area contributed by atoms with Crippen LogP contribution in [0.25, 0.3) is 44.2 Å². The maximum atomic E-state index is 6.75. The third kappa shape index (κ3) is 3.88. The van der Waals surface area contributed by atoms with Crippen LogP contribution >= 0.6 is 0 Å². The van der Waals surface area contributed by atoms with Crippen molar-refractivity contribution >= 4 is 44.7 Å². The molecule has 6 aromatic rings. The number of rotatable bonds is 3. The lowest BCUT2D eigenvalue weighted by atomic mass is 9.94. The zero-order valence-electron chi connectivity index (χ0n) is 24.8. The van der Waals surface area contributed by atoms with Crippen molar-refractivity contribution in [3.05, 3.63) is 133 Å². The molecular formula is C40H33N3O. The Labute approximate surface area is 257 Å². The van der Waals surface area contributed by atoms with E-state index in [2.05, 4.69) is 149 Å². The lowest BCUT2D eigenvalue weighted by Crippen LogP contribution is -2.32. The molecule has 0 amide bonds. The SMILES string of the molecule is CN1C[C@H](C2=CCCC=C2)N(c2cccc(N3c4ccccc4-c4ccccc4-c4ccc5c(oc6ccccc65)c43)c2)C1. The van der Waals surface area contributed by atoms with Gasteiger partial charge in [0.25, 0.3) is 0 Å². The zero-order valence-corrected chi connectivity index (χ0v) is 24.8. The van der Waals surface area contributed by atoms with Crippen molar-refractivity contribution in [2.24, 2.45) is 0 Å². The molecule has 1 fully saturated rings. The van der Waals surface area contributed by atoms with Gasteiger partial charge in [0.2, 0.25) is 0 Å². The highest BCUT2D eigenvalue weighted by atomic mass is 16.3. The molecule has 0 bridgehead atoms. The predicted molar refractivity (Wildman–Crippen MR) is 183 cm³/mol. The number of allylic oxidation sites excluding steroid dienone is 2. The minimum atomic E-state index is 0.335. The highest BCUT2D eigenvalue weighted by Crippen LogP contribution is 2.54. The van der Waals surface area contributed by atoms with Crippen LogP contribution in [0.1, 0.15) is 12.8 Å². The van der Waals surface area contributed by atoms with Gasteiger partial charge < -0.3 is 14.2 Å². The van der Waals surface area contributed by atoms with Crippen molar-refractivity contribution in [1.29, 1.82) is 0 Å². The molecule has 2 aliphatic heterocycles. The van der Waals surface area contributed by atoms with E-state index in [4.69, 9.17) is 4.42 Å². The van der Waals surface area contributed by atoms with Crippen molar-refractivity contribution in [3.63, 3.8) is 0 Å². The summed E-state index contributed by atoms with van der Waals surface area (Å²) in [4.78, 5) is 7.42. The van der Waals surface area contributed by atoms with Crippen LogP contribution in [0.4, 0.5) is 22.7 Å². The van der Waals surface area contributed by atoms with Crippen LogP contribution in [0, 0.1) is 0 Å². The van der Waals surface area contributed by atoms with E-state index in [1.165, 1.54) is 33.5 Å². The lowest BCUT2D eigenvalue weighted by molar-refractivity contribution is 0.415. The van der Waals surface area contributed by atoms with Gasteiger partial charge in [0, 0.05) is 39.8 Å². The number of fused-ring (bicyclic) bond motifs is 9. The Morgan fingerprint density at radius 2 is 1.45 bits per heavy atom. The first-order valence-corrected chi connectivity index (χ1v) is 15.6. The number of benzene rings is 5. The van der Waals surface area contributed by atoms with E-state index in [-0.39, 0.29) is 0 Å². The van der Waals surface area contributed by atoms with Gasteiger partial charge >= 0.3 is 0 Å². The third-order valence-corrected chi connectivity index (χ3v) is 9.48. The Balaban J connectivity index is 1.30. The fraction of sp³-hybridized carbons (Fsp3) is 0.150. The smallest absolute Gasteiger partial charge is 0.160 e. The van der Waals surface area contributed by atoms with Gasteiger partial charge in [-0.3, -0.25) is 4.90 Å². The number of furan rings is 1. The Morgan fingerprint density at radius 3 is 2.32 bits per heavy atom. The van der Waals surface area contributed by atoms with Crippen LogP contribution in [-0.4, -0.2) is 31.2 Å². The van der Waals surface area contributed by atoms with Crippen molar-refractivity contribution in [3.8, 4) is 22.3 Å². The standard InChI is InChI=1S/C40H33N3O/c1-41-25-37(27-12-3-2-4-13-27)42(26-41)28-14-11-15-29(24-28)43-36-20-9-7-18-32(36)30-16-5-6-17-31(30)34-22-23-35-33-19-8-10-21-38(33)44-40(35)39(34)43/h3,5-24,37H,2,4,25-26H2,1H3/t37-/m1/s1. The van der Waals surface area contributed by atoms with Crippen LogP contribution in [0.2, 0.25) is 0 Å². The van der Waals surface area contributed by atoms with Crippen LogP contribution < -0.4 is 9.80 Å². The second kappa shape index (κ2) is 10.0. The van der Waals surface area contributed by atoms with Crippen LogP contribution in [0.3, 0.4) is 0 Å². The summed E-state index contributed by atoms with van der Waals surface area (Å²) in [6, 6.07) is 39.9. The molecule has 1 atom stereocenters. The number of hydrogen-bond acceptors (Lipinski definition) is 4. The molecule has 1 saturated heterocycles. The van der Waals surface area contributed by atoms with Crippen LogP contribution in [-0.2, 0) is 0 Å². The fourth-order valence-electron chi connectivity index (χ4n) is 7.50. The molecule has 0 radical (unpaired) electrons. The molecule has 214 valence electrons. The number of nitrogens with zero attached hydrogens (tertiary/aromatic N) is 3. The molecule has 1 aliphatic carbocycles. The average molecular weight is 572 g/mol. The van der Waals surface area contributed by atoms with E-state index in [9.17, 15) is 0 Å². The average Bonchev–Trinajstić information content (AvgIpc) is 3.63. The third-order valence-electron chi connectivity index (χ3n) is 9.48. The Morgan fingerprint density at radius 1 is 0.682 bits per heavy atom. The van der Waals surface area contributed by atoms with Gasteiger partial charge in [-0.25, -0.2) is 0 Å². The summed E-state index contributed by atoms with van der Waals surface area (Å²) < 4.78 is 6.75. The Hall–Kier alpha value is -5.06. The molecule has 0 unspecified atom stereocenters. The minimum absolute atomic E-state index is 0.335. The van der Waals surface area contributed by atoms with E-state index in [0.717, 1.165) is 65.1 Å². The Bertz CT molecular complexity index is 2140. The van der Waals surface area contributed by atoms with Gasteiger partial charge in [0.05, 0.1) is 24.1 Å². The summed E-state index contributed by atoms with van der Waals surface area (Å²) in [7, 11) is 2.22. The molecule has 0 saturated carbocycles. The molecule has 5 aromatic carbocycles. The molecule has 3 heterocycles. The number of hydrogen-bond donors (Lipinski definition) is 0. The molecule has 4 heteroatoms. The van der Waals surface area contributed by atoms with E-state index < -0.39 is 0 Å². The quantitative estimate of drug-likeness (QED) is 0.210. The van der Waals surface area contributed by atoms with Gasteiger partial charge in [0.15, 0.2) is 5.58 Å². The van der Waals surface area contributed by atoms with Gasteiger partial charge in [0.1, 0.15) is 5.58 Å². The van der Waals surface area contributed by atoms with Gasteiger partial charge in [-0.2, -0.15) is 0 Å². The highest BCUT2D eigenvalue weighted by Gasteiger charge is 2.33. The second-order valence-corrected chi connectivity index (χ2v) is 12.2. The normalized spacial score (nSPS) is 17.8. The van der Waals surface area contributed by atoms with Crippen molar-refractivity contribution < 1.29 is 4.42 Å². The van der Waals surface area contributed by atoms with Gasteiger partial charge in [-0.15, -0.1) is 0 Å². The summed E-state index contributed by atoms with van der Waals surface area (Å²) in [5, 5.41) is 2.27. The molecule has 0 N–H and O–H groups in total. The highest BCUT2D eigenvalue weighted by molar-refractivity contribution is 6.16. The maximum Gasteiger partial charge on any atom is 0.160 e. The summed E-state index contributed by atoms with van der Waals surface area (Å²) in [5.74, 6) is 0. The molecule has 3 aliphatic rings.